The fraction of sp³-hybridized carbons (Fsp3) is 0.167. The summed E-state index contributed by atoms with van der Waals surface area (Å²) in [6.45, 7) is 0.393. The zero-order valence-corrected chi connectivity index (χ0v) is 13.6. The standard InChI is InChI=1S/C18H17ClFN3O/c19-16-6-5-14(10-17(16)20)18(12-24)21-11-13-3-1-4-15(9-13)23-8-2-7-22-23/h1-10,18,21,24H,11-12H2. The molecule has 0 saturated carbocycles. The minimum Gasteiger partial charge on any atom is -0.394 e. The van der Waals surface area contributed by atoms with Crippen LogP contribution in [0.3, 0.4) is 0 Å². The number of aliphatic hydroxyl groups is 1. The molecule has 1 aromatic heterocycles. The van der Waals surface area contributed by atoms with E-state index in [0.717, 1.165) is 11.3 Å². The third-order valence-electron chi connectivity index (χ3n) is 3.76. The maximum absolute atomic E-state index is 13.6. The molecule has 0 spiro atoms. The van der Waals surface area contributed by atoms with Crippen LogP contribution in [0.25, 0.3) is 5.69 Å². The Morgan fingerprint density at radius 2 is 2.08 bits per heavy atom. The van der Waals surface area contributed by atoms with Crippen molar-refractivity contribution in [1.29, 1.82) is 0 Å². The van der Waals surface area contributed by atoms with Gasteiger partial charge in [-0.3, -0.25) is 0 Å². The van der Waals surface area contributed by atoms with Crippen molar-refractivity contribution in [3.8, 4) is 5.69 Å². The lowest BCUT2D eigenvalue weighted by Gasteiger charge is -2.17. The van der Waals surface area contributed by atoms with E-state index in [1.807, 2.05) is 36.5 Å². The molecule has 124 valence electrons. The molecule has 4 nitrogen and oxygen atoms in total. The van der Waals surface area contributed by atoms with Crippen LogP contribution >= 0.6 is 11.6 Å². The Morgan fingerprint density at radius 1 is 1.21 bits per heavy atom. The van der Waals surface area contributed by atoms with Gasteiger partial charge in [0, 0.05) is 18.9 Å². The summed E-state index contributed by atoms with van der Waals surface area (Å²) in [5.74, 6) is -0.491. The van der Waals surface area contributed by atoms with Crippen molar-refractivity contribution >= 4 is 11.6 Å². The zero-order chi connectivity index (χ0) is 16.9. The topological polar surface area (TPSA) is 50.1 Å². The minimum absolute atomic E-state index is 0.0716. The van der Waals surface area contributed by atoms with Gasteiger partial charge >= 0.3 is 0 Å². The predicted molar refractivity (Wildman–Crippen MR) is 91.6 cm³/mol. The van der Waals surface area contributed by atoms with Crippen molar-refractivity contribution in [3.05, 3.63) is 82.9 Å². The van der Waals surface area contributed by atoms with Crippen LogP contribution in [-0.4, -0.2) is 21.5 Å². The van der Waals surface area contributed by atoms with Crippen molar-refractivity contribution < 1.29 is 9.50 Å². The van der Waals surface area contributed by atoms with Gasteiger partial charge in [0.25, 0.3) is 0 Å². The highest BCUT2D eigenvalue weighted by atomic mass is 35.5. The first-order chi connectivity index (χ1) is 11.7. The normalized spacial score (nSPS) is 12.3. The third kappa shape index (κ3) is 3.82. The average molecular weight is 346 g/mol. The van der Waals surface area contributed by atoms with E-state index in [0.29, 0.717) is 12.1 Å². The number of hydrogen-bond acceptors (Lipinski definition) is 3. The number of hydrogen-bond donors (Lipinski definition) is 2. The van der Waals surface area contributed by atoms with E-state index in [-0.39, 0.29) is 17.7 Å². The number of rotatable bonds is 6. The van der Waals surface area contributed by atoms with Gasteiger partial charge in [-0.25, -0.2) is 9.07 Å². The summed E-state index contributed by atoms with van der Waals surface area (Å²) >= 11 is 5.70. The molecule has 24 heavy (non-hydrogen) atoms. The maximum atomic E-state index is 13.6. The largest absolute Gasteiger partial charge is 0.394 e. The van der Waals surface area contributed by atoms with Crippen LogP contribution in [0.4, 0.5) is 4.39 Å². The zero-order valence-electron chi connectivity index (χ0n) is 12.9. The Kier molecular flexibility index (Phi) is 5.25. The molecule has 0 aliphatic heterocycles. The number of nitrogens with zero attached hydrogens (tertiary/aromatic N) is 2. The molecule has 2 aromatic carbocycles. The molecule has 1 heterocycles. The van der Waals surface area contributed by atoms with E-state index in [9.17, 15) is 9.50 Å². The molecule has 0 radical (unpaired) electrons. The molecule has 3 aromatic rings. The second-order valence-electron chi connectivity index (χ2n) is 5.41. The first-order valence-electron chi connectivity index (χ1n) is 7.55. The van der Waals surface area contributed by atoms with Crippen LogP contribution in [0, 0.1) is 5.82 Å². The Hall–Kier alpha value is -2.21. The molecule has 0 fully saturated rings. The first kappa shape index (κ1) is 16.6. The lowest BCUT2D eigenvalue weighted by Crippen LogP contribution is -2.24. The quantitative estimate of drug-likeness (QED) is 0.719. The summed E-state index contributed by atoms with van der Waals surface area (Å²) < 4.78 is 15.4. The van der Waals surface area contributed by atoms with Gasteiger partial charge < -0.3 is 10.4 Å². The van der Waals surface area contributed by atoms with Gasteiger partial charge in [-0.05, 0) is 41.5 Å². The highest BCUT2D eigenvalue weighted by Crippen LogP contribution is 2.20. The van der Waals surface area contributed by atoms with Crippen LogP contribution in [-0.2, 0) is 6.54 Å². The van der Waals surface area contributed by atoms with Gasteiger partial charge in [0.05, 0.1) is 23.4 Å². The molecule has 1 atom stereocenters. The van der Waals surface area contributed by atoms with Gasteiger partial charge in [-0.15, -0.1) is 0 Å². The minimum atomic E-state index is -0.491. The number of nitrogens with one attached hydrogen (secondary N) is 1. The van der Waals surface area contributed by atoms with Crippen molar-refractivity contribution in [2.45, 2.75) is 12.6 Å². The monoisotopic (exact) mass is 345 g/mol. The Bertz CT molecular complexity index is 808. The SMILES string of the molecule is OCC(NCc1cccc(-n2cccn2)c1)c1ccc(Cl)c(F)c1. The van der Waals surface area contributed by atoms with Crippen LogP contribution in [0.5, 0.6) is 0 Å². The van der Waals surface area contributed by atoms with Crippen molar-refractivity contribution in [2.24, 2.45) is 0 Å². The van der Waals surface area contributed by atoms with Crippen LogP contribution in [0.2, 0.25) is 5.02 Å². The molecule has 6 heteroatoms. The number of halogens is 2. The van der Waals surface area contributed by atoms with E-state index in [2.05, 4.69) is 10.4 Å². The lowest BCUT2D eigenvalue weighted by molar-refractivity contribution is 0.243. The van der Waals surface area contributed by atoms with E-state index >= 15 is 0 Å². The molecule has 2 N–H and O–H groups in total. The summed E-state index contributed by atoms with van der Waals surface area (Å²) in [6.07, 6.45) is 3.60. The third-order valence-corrected chi connectivity index (χ3v) is 4.07. The Balaban J connectivity index is 1.71. The highest BCUT2D eigenvalue weighted by Gasteiger charge is 2.12. The molecule has 0 aliphatic carbocycles. The first-order valence-corrected chi connectivity index (χ1v) is 7.93. The van der Waals surface area contributed by atoms with Gasteiger partial charge in [0.1, 0.15) is 5.82 Å². The van der Waals surface area contributed by atoms with Crippen molar-refractivity contribution in [1.82, 2.24) is 15.1 Å². The summed E-state index contributed by atoms with van der Waals surface area (Å²) in [4.78, 5) is 0. The molecule has 0 amide bonds. The molecular formula is C18H17ClFN3O. The van der Waals surface area contributed by atoms with Crippen LogP contribution in [0.15, 0.2) is 60.9 Å². The predicted octanol–water partition coefficient (Wildman–Crippen LogP) is 3.49. The van der Waals surface area contributed by atoms with Gasteiger partial charge in [0.15, 0.2) is 0 Å². The molecule has 0 aliphatic rings. The number of aliphatic hydroxyl groups excluding tert-OH is 1. The van der Waals surface area contributed by atoms with Gasteiger partial charge in [-0.2, -0.15) is 5.10 Å². The molecular weight excluding hydrogens is 329 g/mol. The fourth-order valence-corrected chi connectivity index (χ4v) is 2.61. The van der Waals surface area contributed by atoms with Crippen LogP contribution in [0.1, 0.15) is 17.2 Å². The highest BCUT2D eigenvalue weighted by molar-refractivity contribution is 6.30. The average Bonchev–Trinajstić information content (AvgIpc) is 3.13. The second-order valence-corrected chi connectivity index (χ2v) is 5.82. The van der Waals surface area contributed by atoms with Crippen molar-refractivity contribution in [2.75, 3.05) is 6.61 Å². The fourth-order valence-electron chi connectivity index (χ4n) is 2.49. The number of aromatic nitrogens is 2. The second kappa shape index (κ2) is 7.57. The maximum Gasteiger partial charge on any atom is 0.142 e. The lowest BCUT2D eigenvalue weighted by atomic mass is 10.1. The molecule has 3 rings (SSSR count). The Morgan fingerprint density at radius 3 is 2.79 bits per heavy atom. The number of benzene rings is 2. The smallest absolute Gasteiger partial charge is 0.142 e. The molecule has 0 bridgehead atoms. The van der Waals surface area contributed by atoms with Gasteiger partial charge in [0.2, 0.25) is 0 Å². The Labute approximate surface area is 144 Å². The van der Waals surface area contributed by atoms with E-state index in [4.69, 9.17) is 11.6 Å². The summed E-state index contributed by atoms with van der Waals surface area (Å²) in [5.41, 5.74) is 2.65. The molecule has 1 unspecified atom stereocenters. The van der Waals surface area contributed by atoms with Crippen LogP contribution < -0.4 is 5.32 Å². The van der Waals surface area contributed by atoms with E-state index in [1.165, 1.54) is 12.1 Å². The van der Waals surface area contributed by atoms with Crippen molar-refractivity contribution in [3.63, 3.8) is 0 Å². The van der Waals surface area contributed by atoms with E-state index in [1.54, 1.807) is 16.9 Å². The molecule has 0 saturated heterocycles. The summed E-state index contributed by atoms with van der Waals surface area (Å²) in [7, 11) is 0. The summed E-state index contributed by atoms with van der Waals surface area (Å²) in [5, 5.41) is 17.1. The summed E-state index contributed by atoms with van der Waals surface area (Å²) in [6, 6.07) is 13.9. The van der Waals surface area contributed by atoms with E-state index < -0.39 is 5.82 Å². The van der Waals surface area contributed by atoms with Gasteiger partial charge in [-0.1, -0.05) is 29.8 Å².